The maximum absolute atomic E-state index is 11.4. The molecule has 0 saturated carbocycles. The van der Waals surface area contributed by atoms with E-state index < -0.39 is 10.0 Å². The summed E-state index contributed by atoms with van der Waals surface area (Å²) in [7, 11) is -3.78. The van der Waals surface area contributed by atoms with Crippen LogP contribution in [0.2, 0.25) is 0 Å². The van der Waals surface area contributed by atoms with Crippen molar-refractivity contribution in [2.45, 2.75) is 30.6 Å². The molecule has 2 N–H and O–H groups in total. The molecule has 0 aromatic heterocycles. The van der Waals surface area contributed by atoms with E-state index in [1.165, 1.54) is 6.07 Å². The monoisotopic (exact) mass is 347 g/mol. The van der Waals surface area contributed by atoms with Crippen LogP contribution in [-0.2, 0) is 10.0 Å². The van der Waals surface area contributed by atoms with Gasteiger partial charge in [0.05, 0.1) is 6.61 Å². The lowest BCUT2D eigenvalue weighted by Crippen LogP contribution is -2.14. The van der Waals surface area contributed by atoms with Gasteiger partial charge < -0.3 is 4.74 Å². The molecule has 19 heavy (non-hydrogen) atoms. The summed E-state index contributed by atoms with van der Waals surface area (Å²) in [5.41, 5.74) is 0. The Morgan fingerprint density at radius 3 is 2.68 bits per heavy atom. The summed E-state index contributed by atoms with van der Waals surface area (Å²) in [6.45, 7) is 4.13. The molecule has 0 aliphatic heterocycles. The number of nitrogens with two attached hydrogens (primary N) is 1. The molecule has 0 saturated heterocycles. The Balaban J connectivity index is 2.61. The predicted octanol–water partition coefficient (Wildman–Crippen LogP) is 3.22. The summed E-state index contributed by atoms with van der Waals surface area (Å²) >= 11 is 3.21. The number of sulfonamides is 1. The van der Waals surface area contributed by atoms with Crippen LogP contribution in [-0.4, -0.2) is 15.0 Å². The lowest BCUT2D eigenvalue weighted by atomic mass is 10.2. The number of unbranched alkanes of at least 4 members (excludes halogenated alkanes) is 3. The molecule has 0 heterocycles. The Morgan fingerprint density at radius 2 is 2.05 bits per heavy atom. The highest BCUT2D eigenvalue weighted by Crippen LogP contribution is 2.26. The molecule has 0 aliphatic rings. The van der Waals surface area contributed by atoms with Crippen LogP contribution in [0.15, 0.2) is 40.2 Å². The van der Waals surface area contributed by atoms with Crippen molar-refractivity contribution in [1.82, 2.24) is 0 Å². The Kier molecular flexibility index (Phi) is 6.54. The van der Waals surface area contributed by atoms with E-state index in [4.69, 9.17) is 9.88 Å². The second kappa shape index (κ2) is 7.67. The van der Waals surface area contributed by atoms with Gasteiger partial charge in [0.15, 0.2) is 0 Å². The molecule has 0 bridgehead atoms. The second-order valence-electron chi connectivity index (χ2n) is 4.12. The average Bonchev–Trinajstić information content (AvgIpc) is 2.34. The highest BCUT2D eigenvalue weighted by atomic mass is 79.9. The Hall–Kier alpha value is -0.850. The fourth-order valence-electron chi connectivity index (χ4n) is 1.57. The zero-order chi connectivity index (χ0) is 14.3. The van der Waals surface area contributed by atoms with Crippen molar-refractivity contribution in [2.75, 3.05) is 6.61 Å². The Morgan fingerprint density at radius 1 is 1.32 bits per heavy atom. The van der Waals surface area contributed by atoms with Crippen LogP contribution in [0.25, 0.3) is 0 Å². The number of rotatable bonds is 8. The van der Waals surface area contributed by atoms with Gasteiger partial charge in [-0.15, -0.1) is 6.58 Å². The van der Waals surface area contributed by atoms with Gasteiger partial charge in [0.25, 0.3) is 0 Å². The molecule has 4 nitrogen and oxygen atoms in total. The molecule has 1 aromatic carbocycles. The first-order valence-corrected chi connectivity index (χ1v) is 8.35. The van der Waals surface area contributed by atoms with Crippen LogP contribution < -0.4 is 9.88 Å². The van der Waals surface area contributed by atoms with Gasteiger partial charge in [0, 0.05) is 4.47 Å². The normalized spacial score (nSPS) is 11.3. The van der Waals surface area contributed by atoms with Crippen LogP contribution in [0, 0.1) is 0 Å². The lowest BCUT2D eigenvalue weighted by Gasteiger charge is -2.10. The van der Waals surface area contributed by atoms with Gasteiger partial charge in [-0.2, -0.15) is 0 Å². The molecular weight excluding hydrogens is 330 g/mol. The van der Waals surface area contributed by atoms with Crippen molar-refractivity contribution in [2.24, 2.45) is 5.14 Å². The van der Waals surface area contributed by atoms with Gasteiger partial charge in [-0.3, -0.25) is 0 Å². The van der Waals surface area contributed by atoms with E-state index in [1.54, 1.807) is 12.1 Å². The zero-order valence-corrected chi connectivity index (χ0v) is 13.0. The van der Waals surface area contributed by atoms with E-state index in [1.807, 2.05) is 6.08 Å². The highest BCUT2D eigenvalue weighted by molar-refractivity contribution is 9.10. The van der Waals surface area contributed by atoms with Crippen molar-refractivity contribution in [1.29, 1.82) is 0 Å². The maximum Gasteiger partial charge on any atom is 0.241 e. The maximum atomic E-state index is 11.4. The van der Waals surface area contributed by atoms with Crippen molar-refractivity contribution >= 4 is 26.0 Å². The minimum atomic E-state index is -3.78. The summed E-state index contributed by atoms with van der Waals surface area (Å²) in [5, 5.41) is 5.16. The number of benzene rings is 1. The number of allylic oxidation sites excluding steroid dienone is 1. The lowest BCUT2D eigenvalue weighted by molar-refractivity contribution is 0.298. The van der Waals surface area contributed by atoms with Gasteiger partial charge in [-0.1, -0.05) is 22.0 Å². The van der Waals surface area contributed by atoms with Crippen molar-refractivity contribution in [3.05, 3.63) is 35.3 Å². The van der Waals surface area contributed by atoms with Crippen LogP contribution >= 0.6 is 15.9 Å². The Bertz CT molecular complexity index is 529. The molecular formula is C13H18BrNO3S. The van der Waals surface area contributed by atoms with Gasteiger partial charge in [-0.25, -0.2) is 13.6 Å². The van der Waals surface area contributed by atoms with Crippen LogP contribution in [0.1, 0.15) is 25.7 Å². The molecule has 1 aromatic rings. The quantitative estimate of drug-likeness (QED) is 0.579. The third-order valence-electron chi connectivity index (χ3n) is 2.52. The largest absolute Gasteiger partial charge is 0.492 e. The van der Waals surface area contributed by atoms with E-state index in [0.717, 1.165) is 25.7 Å². The first kappa shape index (κ1) is 16.2. The third-order valence-corrected chi connectivity index (χ3v) is 3.95. The van der Waals surface area contributed by atoms with E-state index >= 15 is 0 Å². The molecule has 0 radical (unpaired) electrons. The topological polar surface area (TPSA) is 69.4 Å². The van der Waals surface area contributed by atoms with E-state index in [9.17, 15) is 8.42 Å². The SMILES string of the molecule is C=CCCCCCOc1ccc(Br)cc1S(N)(=O)=O. The number of hydrogen-bond donors (Lipinski definition) is 1. The predicted molar refractivity (Wildman–Crippen MR) is 79.7 cm³/mol. The summed E-state index contributed by atoms with van der Waals surface area (Å²) in [5.74, 6) is 0.300. The molecule has 6 heteroatoms. The number of hydrogen-bond acceptors (Lipinski definition) is 3. The highest BCUT2D eigenvalue weighted by Gasteiger charge is 2.15. The van der Waals surface area contributed by atoms with Crippen molar-refractivity contribution in [3.63, 3.8) is 0 Å². The van der Waals surface area contributed by atoms with Gasteiger partial charge in [-0.05, 0) is 43.9 Å². The fourth-order valence-corrected chi connectivity index (χ4v) is 2.78. The molecule has 0 unspecified atom stereocenters. The minimum absolute atomic E-state index is 0.00738. The molecule has 0 atom stereocenters. The number of halogens is 1. The smallest absolute Gasteiger partial charge is 0.241 e. The zero-order valence-electron chi connectivity index (χ0n) is 10.6. The van der Waals surface area contributed by atoms with Crippen LogP contribution in [0.3, 0.4) is 0 Å². The number of ether oxygens (including phenoxy) is 1. The first-order valence-electron chi connectivity index (χ1n) is 6.01. The van der Waals surface area contributed by atoms with Gasteiger partial charge in [0.1, 0.15) is 10.6 Å². The van der Waals surface area contributed by atoms with Crippen molar-refractivity contribution < 1.29 is 13.2 Å². The first-order chi connectivity index (χ1) is 8.95. The third kappa shape index (κ3) is 5.76. The van der Waals surface area contributed by atoms with Crippen LogP contribution in [0.5, 0.6) is 5.75 Å². The molecule has 0 spiro atoms. The van der Waals surface area contributed by atoms with Gasteiger partial charge in [0.2, 0.25) is 10.0 Å². The van der Waals surface area contributed by atoms with Crippen molar-refractivity contribution in [3.8, 4) is 5.75 Å². The summed E-state index contributed by atoms with van der Waals surface area (Å²) in [4.78, 5) is 0.00738. The van der Waals surface area contributed by atoms with E-state index in [0.29, 0.717) is 16.8 Å². The molecule has 0 aliphatic carbocycles. The summed E-state index contributed by atoms with van der Waals surface area (Å²) < 4.78 is 29.0. The molecule has 0 amide bonds. The number of primary sulfonamides is 1. The Labute approximate surface area is 122 Å². The molecule has 1 rings (SSSR count). The van der Waals surface area contributed by atoms with E-state index in [2.05, 4.69) is 22.5 Å². The second-order valence-corrected chi connectivity index (χ2v) is 6.57. The fraction of sp³-hybridized carbons (Fsp3) is 0.385. The van der Waals surface area contributed by atoms with Crippen LogP contribution in [0.4, 0.5) is 0 Å². The standard InChI is InChI=1S/C13H18BrNO3S/c1-2-3-4-5-6-9-18-12-8-7-11(14)10-13(12)19(15,16)17/h2,7-8,10H,1,3-6,9H2,(H2,15,16,17). The summed E-state index contributed by atoms with van der Waals surface area (Å²) in [6, 6.07) is 4.78. The average molecular weight is 348 g/mol. The van der Waals surface area contributed by atoms with Gasteiger partial charge >= 0.3 is 0 Å². The molecule has 106 valence electrons. The minimum Gasteiger partial charge on any atom is -0.492 e. The van der Waals surface area contributed by atoms with E-state index in [-0.39, 0.29) is 4.90 Å². The summed E-state index contributed by atoms with van der Waals surface area (Å²) in [6.07, 6.45) is 5.83. The molecule has 0 fully saturated rings.